The first-order valence-electron chi connectivity index (χ1n) is 8.47. The van der Waals surface area contributed by atoms with Gasteiger partial charge in [0.1, 0.15) is 0 Å². The van der Waals surface area contributed by atoms with Crippen LogP contribution in [0.25, 0.3) is 0 Å². The van der Waals surface area contributed by atoms with Gasteiger partial charge in [-0.15, -0.1) is 12.4 Å². The number of nitrogens with one attached hydrogen (secondary N) is 1. The average molecular weight is 318 g/mol. The first-order valence-corrected chi connectivity index (χ1v) is 8.47. The summed E-state index contributed by atoms with van der Waals surface area (Å²) in [7, 11) is 0. The summed E-state index contributed by atoms with van der Waals surface area (Å²) in [5.41, 5.74) is 0.517. The van der Waals surface area contributed by atoms with E-state index in [2.05, 4.69) is 22.0 Å². The summed E-state index contributed by atoms with van der Waals surface area (Å²) in [6, 6.07) is 0. The second-order valence-corrected chi connectivity index (χ2v) is 7.37. The van der Waals surface area contributed by atoms with E-state index in [4.69, 9.17) is 4.74 Å². The van der Waals surface area contributed by atoms with Crippen molar-refractivity contribution in [1.82, 2.24) is 15.1 Å². The van der Waals surface area contributed by atoms with E-state index < -0.39 is 0 Å². The van der Waals surface area contributed by atoms with Crippen molar-refractivity contribution >= 4 is 12.4 Å². The molecule has 0 radical (unpaired) electrons. The van der Waals surface area contributed by atoms with Crippen LogP contribution in [0.5, 0.6) is 0 Å². The third kappa shape index (κ3) is 5.07. The summed E-state index contributed by atoms with van der Waals surface area (Å²) < 4.78 is 5.46. The molecule has 21 heavy (non-hydrogen) atoms. The maximum atomic E-state index is 5.46. The molecule has 3 fully saturated rings. The van der Waals surface area contributed by atoms with Crippen molar-refractivity contribution in [3.63, 3.8) is 0 Å². The van der Waals surface area contributed by atoms with Crippen molar-refractivity contribution in [2.24, 2.45) is 11.3 Å². The van der Waals surface area contributed by atoms with E-state index in [1.165, 1.54) is 71.6 Å². The van der Waals surface area contributed by atoms with Gasteiger partial charge in [-0.2, -0.15) is 0 Å². The van der Waals surface area contributed by atoms with E-state index in [1.54, 1.807) is 0 Å². The van der Waals surface area contributed by atoms with Gasteiger partial charge in [0.05, 0.1) is 0 Å². The number of halogens is 1. The zero-order valence-electron chi connectivity index (χ0n) is 13.5. The van der Waals surface area contributed by atoms with Crippen LogP contribution < -0.4 is 5.32 Å². The molecule has 0 amide bonds. The second-order valence-electron chi connectivity index (χ2n) is 7.37. The number of ether oxygens (including phenoxy) is 1. The largest absolute Gasteiger partial charge is 0.381 e. The Labute approximate surface area is 136 Å². The minimum Gasteiger partial charge on any atom is -0.381 e. The molecular weight excluding hydrogens is 286 g/mol. The summed E-state index contributed by atoms with van der Waals surface area (Å²) in [5, 5.41) is 3.52. The van der Waals surface area contributed by atoms with Gasteiger partial charge < -0.3 is 19.9 Å². The topological polar surface area (TPSA) is 27.7 Å². The highest BCUT2D eigenvalue weighted by Crippen LogP contribution is 2.26. The molecule has 0 aromatic rings. The predicted molar refractivity (Wildman–Crippen MR) is 89.3 cm³/mol. The van der Waals surface area contributed by atoms with E-state index in [0.717, 1.165) is 19.1 Å². The van der Waals surface area contributed by atoms with Crippen LogP contribution in [0.1, 0.15) is 26.2 Å². The number of rotatable bonds is 4. The zero-order chi connectivity index (χ0) is 13.8. The molecule has 3 aliphatic heterocycles. The normalized spacial score (nSPS) is 33.0. The van der Waals surface area contributed by atoms with Gasteiger partial charge in [0.2, 0.25) is 0 Å². The Morgan fingerprint density at radius 3 is 2.38 bits per heavy atom. The SMILES string of the molecule is CC1(CN2CCN(CC3CCOCC3)CC2)CCNC1.Cl. The molecule has 0 aromatic heterocycles. The average Bonchev–Trinajstić information content (AvgIpc) is 2.89. The minimum absolute atomic E-state index is 0. The van der Waals surface area contributed by atoms with Gasteiger partial charge in [0.15, 0.2) is 0 Å². The lowest BCUT2D eigenvalue weighted by Crippen LogP contribution is -2.50. The summed E-state index contributed by atoms with van der Waals surface area (Å²) in [4.78, 5) is 5.37. The van der Waals surface area contributed by atoms with E-state index in [0.29, 0.717) is 5.41 Å². The summed E-state index contributed by atoms with van der Waals surface area (Å²) in [6.07, 6.45) is 3.88. The molecule has 0 saturated carbocycles. The van der Waals surface area contributed by atoms with Crippen LogP contribution in [-0.2, 0) is 4.74 Å². The fourth-order valence-electron chi connectivity index (χ4n) is 3.97. The second kappa shape index (κ2) is 8.11. The summed E-state index contributed by atoms with van der Waals surface area (Å²) in [5.74, 6) is 0.881. The van der Waals surface area contributed by atoms with Gasteiger partial charge in [-0.05, 0) is 37.1 Å². The van der Waals surface area contributed by atoms with Gasteiger partial charge in [-0.3, -0.25) is 0 Å². The molecule has 4 nitrogen and oxygen atoms in total. The molecule has 3 heterocycles. The maximum absolute atomic E-state index is 5.46. The lowest BCUT2D eigenvalue weighted by atomic mass is 9.89. The van der Waals surface area contributed by atoms with Crippen LogP contribution in [0.2, 0.25) is 0 Å². The number of hydrogen-bond acceptors (Lipinski definition) is 4. The Kier molecular flexibility index (Phi) is 6.76. The summed E-state index contributed by atoms with van der Waals surface area (Å²) in [6.45, 7) is 14.5. The Morgan fingerprint density at radius 1 is 1.10 bits per heavy atom. The van der Waals surface area contributed by atoms with Gasteiger partial charge in [-0.25, -0.2) is 0 Å². The molecule has 3 aliphatic rings. The van der Waals surface area contributed by atoms with E-state index >= 15 is 0 Å². The molecule has 1 N–H and O–H groups in total. The summed E-state index contributed by atoms with van der Waals surface area (Å²) >= 11 is 0. The standard InChI is InChI=1S/C16H31N3O.ClH/c1-16(4-5-17-13-16)14-19-8-6-18(7-9-19)12-15-2-10-20-11-3-15;/h15,17H,2-14H2,1H3;1H. The fourth-order valence-corrected chi connectivity index (χ4v) is 3.97. The van der Waals surface area contributed by atoms with Crippen molar-refractivity contribution in [2.75, 3.05) is 65.6 Å². The smallest absolute Gasteiger partial charge is 0.0469 e. The lowest BCUT2D eigenvalue weighted by Gasteiger charge is -2.40. The number of hydrogen-bond donors (Lipinski definition) is 1. The third-order valence-electron chi connectivity index (χ3n) is 5.38. The highest BCUT2D eigenvalue weighted by Gasteiger charge is 2.32. The van der Waals surface area contributed by atoms with E-state index in [9.17, 15) is 0 Å². The number of nitrogens with zero attached hydrogens (tertiary/aromatic N) is 2. The zero-order valence-corrected chi connectivity index (χ0v) is 14.3. The molecular formula is C16H32ClN3O. The fraction of sp³-hybridized carbons (Fsp3) is 1.00. The van der Waals surface area contributed by atoms with Crippen LogP contribution in [0.15, 0.2) is 0 Å². The van der Waals surface area contributed by atoms with Gasteiger partial charge in [0.25, 0.3) is 0 Å². The molecule has 0 bridgehead atoms. The predicted octanol–water partition coefficient (Wildman–Crippen LogP) is 1.45. The van der Waals surface area contributed by atoms with Crippen LogP contribution in [0, 0.1) is 11.3 Å². The molecule has 0 aliphatic carbocycles. The maximum Gasteiger partial charge on any atom is 0.0469 e. The first-order chi connectivity index (χ1) is 9.73. The van der Waals surface area contributed by atoms with Crippen LogP contribution in [-0.4, -0.2) is 75.4 Å². The molecule has 0 aromatic carbocycles. The van der Waals surface area contributed by atoms with Crippen LogP contribution >= 0.6 is 12.4 Å². The molecule has 3 rings (SSSR count). The highest BCUT2D eigenvalue weighted by molar-refractivity contribution is 5.85. The number of piperazine rings is 1. The van der Waals surface area contributed by atoms with Gasteiger partial charge >= 0.3 is 0 Å². The third-order valence-corrected chi connectivity index (χ3v) is 5.38. The lowest BCUT2D eigenvalue weighted by molar-refractivity contribution is 0.0378. The van der Waals surface area contributed by atoms with E-state index in [1.807, 2.05) is 0 Å². The minimum atomic E-state index is 0. The monoisotopic (exact) mass is 317 g/mol. The van der Waals surface area contributed by atoms with Gasteiger partial charge in [-0.1, -0.05) is 6.92 Å². The van der Waals surface area contributed by atoms with Crippen LogP contribution in [0.4, 0.5) is 0 Å². The van der Waals surface area contributed by atoms with Crippen molar-refractivity contribution < 1.29 is 4.74 Å². The molecule has 0 spiro atoms. The Bertz CT molecular complexity index is 296. The molecule has 1 unspecified atom stereocenters. The molecule has 5 heteroatoms. The first kappa shape index (κ1) is 17.5. The van der Waals surface area contributed by atoms with Crippen molar-refractivity contribution in [3.05, 3.63) is 0 Å². The molecule has 124 valence electrons. The van der Waals surface area contributed by atoms with Crippen molar-refractivity contribution in [3.8, 4) is 0 Å². The Morgan fingerprint density at radius 2 is 1.76 bits per heavy atom. The molecule has 1 atom stereocenters. The van der Waals surface area contributed by atoms with Crippen LogP contribution in [0.3, 0.4) is 0 Å². The highest BCUT2D eigenvalue weighted by atomic mass is 35.5. The van der Waals surface area contributed by atoms with Gasteiger partial charge in [0, 0.05) is 59.0 Å². The molecule has 3 saturated heterocycles. The Balaban J connectivity index is 0.00000161. The quantitative estimate of drug-likeness (QED) is 0.849. The van der Waals surface area contributed by atoms with Crippen molar-refractivity contribution in [1.29, 1.82) is 0 Å². The van der Waals surface area contributed by atoms with E-state index in [-0.39, 0.29) is 12.4 Å². The van der Waals surface area contributed by atoms with Crippen molar-refractivity contribution in [2.45, 2.75) is 26.2 Å². The Hall–Kier alpha value is 0.130.